The van der Waals surface area contributed by atoms with E-state index >= 15 is 0 Å². The number of rotatable bonds is 1. The molecule has 0 aliphatic carbocycles. The fourth-order valence-corrected chi connectivity index (χ4v) is 1.41. The van der Waals surface area contributed by atoms with Crippen molar-refractivity contribution >= 4 is 0 Å². The smallest absolute Gasteiger partial charge is 0.209 e. The Morgan fingerprint density at radius 1 is 1.43 bits per heavy atom. The number of hydrogen-bond donors (Lipinski definition) is 0. The van der Waals surface area contributed by atoms with Crippen LogP contribution in [0.15, 0.2) is 18.2 Å². The molecule has 1 aliphatic rings. The van der Waals surface area contributed by atoms with Crippen LogP contribution in [-0.2, 0) is 15.3 Å². The van der Waals surface area contributed by atoms with Gasteiger partial charge in [-0.15, -0.1) is 0 Å². The van der Waals surface area contributed by atoms with Crippen molar-refractivity contribution in [3.63, 3.8) is 0 Å². The van der Waals surface area contributed by atoms with E-state index < -0.39 is 5.79 Å². The third-order valence-electron chi connectivity index (χ3n) is 2.17. The Balaban J connectivity index is 2.36. The molecule has 0 spiro atoms. The van der Waals surface area contributed by atoms with Crippen molar-refractivity contribution < 1.29 is 9.47 Å². The second kappa shape index (κ2) is 3.37. The molecule has 0 radical (unpaired) electrons. The number of hydrogen-bond acceptors (Lipinski definition) is 4. The predicted molar refractivity (Wildman–Crippen MR) is 48.2 cm³/mol. The van der Waals surface area contributed by atoms with Crippen molar-refractivity contribution in [3.8, 4) is 6.07 Å². The number of nitriles is 1. The molecule has 1 aromatic heterocycles. The van der Waals surface area contributed by atoms with Crippen LogP contribution in [-0.4, -0.2) is 18.2 Å². The first kappa shape index (κ1) is 9.13. The lowest BCUT2D eigenvalue weighted by atomic mass is 10.2. The standard InChI is InChI=1S/C10H10N2O2/c1-10(13-5-6-14-10)9-4-2-3-8(7-11)12-9/h2-4H,5-6H2,1H3. The molecule has 1 aliphatic heterocycles. The summed E-state index contributed by atoms with van der Waals surface area (Å²) in [5.74, 6) is -0.785. The van der Waals surface area contributed by atoms with Crippen LogP contribution in [0.3, 0.4) is 0 Å². The van der Waals surface area contributed by atoms with Crippen LogP contribution in [0.25, 0.3) is 0 Å². The Kier molecular flexibility index (Phi) is 2.20. The van der Waals surface area contributed by atoms with E-state index in [-0.39, 0.29) is 0 Å². The van der Waals surface area contributed by atoms with Crippen molar-refractivity contribution in [1.82, 2.24) is 4.98 Å². The summed E-state index contributed by atoms with van der Waals surface area (Å²) in [4.78, 5) is 4.13. The highest BCUT2D eigenvalue weighted by molar-refractivity contribution is 5.24. The number of aromatic nitrogens is 1. The molecule has 1 fully saturated rings. The summed E-state index contributed by atoms with van der Waals surface area (Å²) in [7, 11) is 0. The van der Waals surface area contributed by atoms with Gasteiger partial charge in [0.2, 0.25) is 5.79 Å². The zero-order valence-corrected chi connectivity index (χ0v) is 7.86. The summed E-state index contributed by atoms with van der Waals surface area (Å²) >= 11 is 0. The van der Waals surface area contributed by atoms with E-state index in [0.29, 0.717) is 24.6 Å². The molecular formula is C10H10N2O2. The maximum Gasteiger partial charge on any atom is 0.209 e. The minimum Gasteiger partial charge on any atom is -0.342 e. The van der Waals surface area contributed by atoms with Crippen molar-refractivity contribution in [3.05, 3.63) is 29.6 Å². The van der Waals surface area contributed by atoms with Gasteiger partial charge in [-0.25, -0.2) is 4.98 Å². The number of pyridine rings is 1. The van der Waals surface area contributed by atoms with Crippen LogP contribution < -0.4 is 0 Å². The maximum absolute atomic E-state index is 8.69. The average Bonchev–Trinajstić information content (AvgIpc) is 2.67. The molecule has 0 unspecified atom stereocenters. The quantitative estimate of drug-likeness (QED) is 0.667. The highest BCUT2D eigenvalue weighted by atomic mass is 16.7. The molecule has 4 nitrogen and oxygen atoms in total. The van der Waals surface area contributed by atoms with Gasteiger partial charge in [0.15, 0.2) is 0 Å². The van der Waals surface area contributed by atoms with Gasteiger partial charge in [0.1, 0.15) is 17.5 Å². The summed E-state index contributed by atoms with van der Waals surface area (Å²) in [6.45, 7) is 2.94. The third-order valence-corrected chi connectivity index (χ3v) is 2.17. The molecule has 0 saturated carbocycles. The highest BCUT2D eigenvalue weighted by Gasteiger charge is 2.34. The van der Waals surface area contributed by atoms with Crippen molar-refractivity contribution in [2.75, 3.05) is 13.2 Å². The Hall–Kier alpha value is -1.44. The van der Waals surface area contributed by atoms with Crippen LogP contribution in [0.5, 0.6) is 0 Å². The van der Waals surface area contributed by atoms with Gasteiger partial charge in [0.25, 0.3) is 0 Å². The predicted octanol–water partition coefficient (Wildman–Crippen LogP) is 1.17. The molecule has 0 aromatic carbocycles. The molecule has 0 atom stereocenters. The molecular weight excluding hydrogens is 180 g/mol. The topological polar surface area (TPSA) is 55.1 Å². The molecule has 2 heterocycles. The maximum atomic E-state index is 8.69. The minimum atomic E-state index is -0.785. The molecule has 0 N–H and O–H groups in total. The lowest BCUT2D eigenvalue weighted by Crippen LogP contribution is -2.24. The van der Waals surface area contributed by atoms with E-state index in [0.717, 1.165) is 0 Å². The van der Waals surface area contributed by atoms with Crippen LogP contribution >= 0.6 is 0 Å². The first-order valence-electron chi connectivity index (χ1n) is 4.40. The van der Waals surface area contributed by atoms with Gasteiger partial charge in [-0.2, -0.15) is 5.26 Å². The van der Waals surface area contributed by atoms with Crippen LogP contribution in [0.4, 0.5) is 0 Å². The van der Waals surface area contributed by atoms with Gasteiger partial charge in [-0.05, 0) is 19.1 Å². The number of nitrogens with zero attached hydrogens (tertiary/aromatic N) is 2. The van der Waals surface area contributed by atoms with E-state index in [1.54, 1.807) is 18.2 Å². The first-order valence-corrected chi connectivity index (χ1v) is 4.40. The largest absolute Gasteiger partial charge is 0.342 e. The minimum absolute atomic E-state index is 0.378. The lowest BCUT2D eigenvalue weighted by Gasteiger charge is -2.21. The molecule has 0 amide bonds. The van der Waals surface area contributed by atoms with Crippen molar-refractivity contribution in [1.29, 1.82) is 5.26 Å². The Morgan fingerprint density at radius 3 is 2.79 bits per heavy atom. The van der Waals surface area contributed by atoms with Crippen LogP contribution in [0.2, 0.25) is 0 Å². The Morgan fingerprint density at radius 2 is 2.14 bits per heavy atom. The molecule has 14 heavy (non-hydrogen) atoms. The van der Waals surface area contributed by atoms with Gasteiger partial charge in [0, 0.05) is 0 Å². The van der Waals surface area contributed by atoms with Gasteiger partial charge >= 0.3 is 0 Å². The summed E-state index contributed by atoms with van der Waals surface area (Å²) in [6, 6.07) is 7.21. The molecule has 0 bridgehead atoms. The van der Waals surface area contributed by atoms with Gasteiger partial charge in [0.05, 0.1) is 13.2 Å². The van der Waals surface area contributed by atoms with E-state index in [9.17, 15) is 0 Å². The summed E-state index contributed by atoms with van der Waals surface area (Å²) in [5, 5.41) is 8.69. The highest BCUT2D eigenvalue weighted by Crippen LogP contribution is 2.29. The van der Waals surface area contributed by atoms with E-state index in [2.05, 4.69) is 4.98 Å². The van der Waals surface area contributed by atoms with Gasteiger partial charge in [-0.1, -0.05) is 6.07 Å². The molecule has 4 heteroatoms. The Bertz CT molecular complexity index is 378. The summed E-state index contributed by atoms with van der Waals surface area (Å²) < 4.78 is 10.9. The zero-order valence-electron chi connectivity index (χ0n) is 7.86. The fourth-order valence-electron chi connectivity index (χ4n) is 1.41. The van der Waals surface area contributed by atoms with Gasteiger partial charge < -0.3 is 9.47 Å². The van der Waals surface area contributed by atoms with Gasteiger partial charge in [-0.3, -0.25) is 0 Å². The average molecular weight is 190 g/mol. The van der Waals surface area contributed by atoms with Crippen molar-refractivity contribution in [2.24, 2.45) is 0 Å². The fraction of sp³-hybridized carbons (Fsp3) is 0.400. The van der Waals surface area contributed by atoms with Crippen LogP contribution in [0.1, 0.15) is 18.3 Å². The zero-order chi connectivity index (χ0) is 10.0. The third kappa shape index (κ3) is 1.48. The molecule has 72 valence electrons. The SMILES string of the molecule is CC1(c2cccc(C#N)n2)OCCO1. The second-order valence-electron chi connectivity index (χ2n) is 3.16. The molecule has 1 saturated heterocycles. The monoisotopic (exact) mass is 190 g/mol. The Labute approximate surface area is 82.1 Å². The molecule has 1 aromatic rings. The van der Waals surface area contributed by atoms with E-state index in [4.69, 9.17) is 14.7 Å². The number of ether oxygens (including phenoxy) is 2. The van der Waals surface area contributed by atoms with E-state index in [1.807, 2.05) is 13.0 Å². The summed E-state index contributed by atoms with van der Waals surface area (Å²) in [6.07, 6.45) is 0. The first-order chi connectivity index (χ1) is 6.74. The summed E-state index contributed by atoms with van der Waals surface area (Å²) in [5.41, 5.74) is 1.02. The van der Waals surface area contributed by atoms with Crippen LogP contribution in [0, 0.1) is 11.3 Å². The lowest BCUT2D eigenvalue weighted by molar-refractivity contribution is -0.152. The normalized spacial score (nSPS) is 19.1. The van der Waals surface area contributed by atoms with Crippen molar-refractivity contribution in [2.45, 2.75) is 12.7 Å². The molecule has 2 rings (SSSR count). The van der Waals surface area contributed by atoms with E-state index in [1.165, 1.54) is 0 Å². The second-order valence-corrected chi connectivity index (χ2v) is 3.16.